The average Bonchev–Trinajstić information content (AvgIpc) is 2.52. The van der Waals surface area contributed by atoms with Crippen LogP contribution in [-0.4, -0.2) is 18.3 Å². The molecule has 0 N–H and O–H groups in total. The number of benzene rings is 1. The van der Waals surface area contributed by atoms with Gasteiger partial charge in [-0.3, -0.25) is 0 Å². The van der Waals surface area contributed by atoms with E-state index >= 15 is 0 Å². The minimum absolute atomic E-state index is 0.400. The Hall–Kier alpha value is -1.09. The summed E-state index contributed by atoms with van der Waals surface area (Å²) in [6.07, 6.45) is 3.97. The molecular weight excluding hydrogens is 303 g/mol. The molecule has 1 aromatic heterocycles. The first-order valence-corrected chi connectivity index (χ1v) is 14.7. The summed E-state index contributed by atoms with van der Waals surface area (Å²) in [6, 6.07) is 14.4. The molecule has 0 bridgehead atoms. The van der Waals surface area contributed by atoms with Crippen molar-refractivity contribution in [1.82, 2.24) is 4.98 Å². The molecule has 1 aliphatic rings. The monoisotopic (exact) mass is 328 g/mol. The van der Waals surface area contributed by atoms with Crippen LogP contribution in [0.4, 0.5) is 0 Å². The maximum absolute atomic E-state index is 8.80. The Kier molecular flexibility index (Phi) is 3.62. The third-order valence-electron chi connectivity index (χ3n) is 4.45. The van der Waals surface area contributed by atoms with Crippen molar-refractivity contribution >= 4 is 13.3 Å². The van der Waals surface area contributed by atoms with Crippen molar-refractivity contribution < 1.29 is 1.37 Å². The second kappa shape index (κ2) is 5.73. The van der Waals surface area contributed by atoms with E-state index in [1.54, 1.807) is 0 Å². The van der Waals surface area contributed by atoms with Gasteiger partial charge in [0.25, 0.3) is 0 Å². The van der Waals surface area contributed by atoms with E-state index in [2.05, 4.69) is 40.8 Å². The van der Waals surface area contributed by atoms with Crippen molar-refractivity contribution in [3.8, 4) is 11.3 Å². The molecule has 1 nitrogen and oxygen atoms in total. The van der Waals surface area contributed by atoms with Crippen molar-refractivity contribution in [3.63, 3.8) is 0 Å². The van der Waals surface area contributed by atoms with Crippen LogP contribution in [0.25, 0.3) is 11.3 Å². The SMILES string of the molecule is [2H]C1(c2ccc(-c3ccccc3)nc2)C[CH2][Ge]([CH3])([CH3])[CH2]C1. The standard InChI is InChI=1S/C18H23GeN/c1-19(2)12-10-15(11-13-19)17-8-9-18(20-14-17)16-6-4-3-5-7-16/h3-9,14-15H,10-13H2,1-2H3/i15D. The van der Waals surface area contributed by atoms with Crippen LogP contribution in [0.5, 0.6) is 0 Å². The Labute approximate surface area is 126 Å². The molecule has 1 fully saturated rings. The van der Waals surface area contributed by atoms with Crippen LogP contribution in [0, 0.1) is 0 Å². The summed E-state index contributed by atoms with van der Waals surface area (Å²) < 4.78 is 8.80. The van der Waals surface area contributed by atoms with E-state index < -0.39 is 19.2 Å². The molecule has 0 radical (unpaired) electrons. The molecule has 0 amide bonds. The first-order valence-electron chi connectivity index (χ1n) is 8.01. The molecule has 104 valence electrons. The van der Waals surface area contributed by atoms with Crippen LogP contribution < -0.4 is 0 Å². The predicted octanol–water partition coefficient (Wildman–Crippen LogP) is 5.33. The summed E-state index contributed by atoms with van der Waals surface area (Å²) >= 11 is -1.51. The van der Waals surface area contributed by atoms with Crippen molar-refractivity contribution in [1.29, 1.82) is 0 Å². The van der Waals surface area contributed by atoms with Crippen molar-refractivity contribution in [3.05, 3.63) is 54.2 Å². The van der Waals surface area contributed by atoms with E-state index in [9.17, 15) is 0 Å². The summed E-state index contributed by atoms with van der Waals surface area (Å²) in [5.74, 6) is 4.59. The maximum atomic E-state index is 8.80. The zero-order valence-electron chi connectivity index (χ0n) is 13.4. The van der Waals surface area contributed by atoms with Crippen LogP contribution in [0.2, 0.25) is 22.0 Å². The van der Waals surface area contributed by atoms with Gasteiger partial charge in [-0.15, -0.1) is 0 Å². The molecule has 0 spiro atoms. The van der Waals surface area contributed by atoms with Gasteiger partial charge in [0.2, 0.25) is 0 Å². The topological polar surface area (TPSA) is 12.9 Å². The third kappa shape index (κ3) is 3.14. The molecule has 2 heteroatoms. The van der Waals surface area contributed by atoms with Crippen LogP contribution in [0.1, 0.15) is 25.7 Å². The molecule has 0 unspecified atom stereocenters. The second-order valence-electron chi connectivity index (χ2n) is 6.57. The fourth-order valence-corrected chi connectivity index (χ4v) is 7.53. The van der Waals surface area contributed by atoms with Gasteiger partial charge in [-0.25, -0.2) is 0 Å². The number of pyridine rings is 1. The van der Waals surface area contributed by atoms with Crippen LogP contribution in [-0.2, 0) is 0 Å². The summed E-state index contributed by atoms with van der Waals surface area (Å²) in [5, 5.41) is 2.62. The predicted molar refractivity (Wildman–Crippen MR) is 88.7 cm³/mol. The Morgan fingerprint density at radius 1 is 1.05 bits per heavy atom. The van der Waals surface area contributed by atoms with Gasteiger partial charge in [-0.2, -0.15) is 0 Å². The van der Waals surface area contributed by atoms with Crippen LogP contribution in [0.15, 0.2) is 48.7 Å². The van der Waals surface area contributed by atoms with Gasteiger partial charge in [0.1, 0.15) is 0 Å². The molecule has 20 heavy (non-hydrogen) atoms. The van der Waals surface area contributed by atoms with Crippen molar-refractivity contribution in [2.75, 3.05) is 0 Å². The van der Waals surface area contributed by atoms with Gasteiger partial charge in [0.15, 0.2) is 0 Å². The average molecular weight is 327 g/mol. The van der Waals surface area contributed by atoms with Crippen LogP contribution >= 0.6 is 0 Å². The summed E-state index contributed by atoms with van der Waals surface area (Å²) in [6.45, 7) is 0. The molecule has 1 aromatic carbocycles. The van der Waals surface area contributed by atoms with E-state index in [1.165, 1.54) is 10.5 Å². The molecular formula is C18H23GeN. The fraction of sp³-hybridized carbons (Fsp3) is 0.389. The van der Waals surface area contributed by atoms with Crippen molar-refractivity contribution in [2.24, 2.45) is 0 Å². The zero-order valence-corrected chi connectivity index (χ0v) is 14.5. The number of aromatic nitrogens is 1. The van der Waals surface area contributed by atoms with E-state index in [-0.39, 0.29) is 0 Å². The first kappa shape index (κ1) is 12.6. The van der Waals surface area contributed by atoms with Gasteiger partial charge in [-0.1, -0.05) is 0 Å². The molecule has 0 saturated carbocycles. The van der Waals surface area contributed by atoms with Gasteiger partial charge < -0.3 is 0 Å². The molecule has 2 aromatic rings. The van der Waals surface area contributed by atoms with E-state index in [1.807, 2.05) is 24.4 Å². The van der Waals surface area contributed by atoms with Crippen molar-refractivity contribution in [2.45, 2.75) is 40.8 Å². The molecule has 2 heterocycles. The molecule has 0 atom stereocenters. The number of hydrogen-bond donors (Lipinski definition) is 0. The van der Waals surface area contributed by atoms with Crippen LogP contribution in [0.3, 0.4) is 0 Å². The van der Waals surface area contributed by atoms with Gasteiger partial charge >= 0.3 is 126 Å². The molecule has 1 aliphatic heterocycles. The summed E-state index contributed by atoms with van der Waals surface area (Å²) in [5.41, 5.74) is 3.24. The quantitative estimate of drug-likeness (QED) is 0.679. The van der Waals surface area contributed by atoms with E-state index in [0.717, 1.165) is 29.7 Å². The Morgan fingerprint density at radius 3 is 2.35 bits per heavy atom. The van der Waals surface area contributed by atoms with Gasteiger partial charge in [0.05, 0.1) is 0 Å². The molecule has 1 saturated heterocycles. The fourth-order valence-electron chi connectivity index (χ4n) is 2.90. The minimum atomic E-state index is -1.51. The van der Waals surface area contributed by atoms with Gasteiger partial charge in [0, 0.05) is 0 Å². The number of rotatable bonds is 2. The Balaban J connectivity index is 1.81. The number of nitrogens with zero attached hydrogens (tertiary/aromatic N) is 1. The normalized spacial score (nSPS) is 21.2. The Bertz CT molecular complexity index is 597. The molecule has 3 rings (SSSR count). The van der Waals surface area contributed by atoms with Gasteiger partial charge in [-0.05, 0) is 0 Å². The molecule has 0 aliphatic carbocycles. The summed E-state index contributed by atoms with van der Waals surface area (Å²) in [4.78, 5) is 4.60. The zero-order chi connectivity index (χ0) is 14.9. The first-order chi connectivity index (χ1) is 9.99. The second-order valence-corrected chi connectivity index (χ2v) is 17.7. The van der Waals surface area contributed by atoms with E-state index in [4.69, 9.17) is 1.37 Å². The Morgan fingerprint density at radius 2 is 1.75 bits per heavy atom. The summed E-state index contributed by atoms with van der Waals surface area (Å²) in [7, 11) is 0. The third-order valence-corrected chi connectivity index (χ3v) is 11.2. The number of hydrogen-bond acceptors (Lipinski definition) is 1. The van der Waals surface area contributed by atoms with E-state index in [0.29, 0.717) is 0 Å².